The number of aliphatic hydroxyl groups is 2. The third kappa shape index (κ3) is 42.5. The van der Waals surface area contributed by atoms with Gasteiger partial charge in [0.2, 0.25) is 0 Å². The third-order valence-electron chi connectivity index (χ3n) is 13.5. The number of carbonyl (C=O) groups excluding carboxylic acids is 3. The highest BCUT2D eigenvalue weighted by molar-refractivity contribution is 5.74. The molecule has 0 saturated carbocycles. The Labute approximate surface area is 467 Å². The van der Waals surface area contributed by atoms with Crippen LogP contribution < -0.4 is 0 Å². The molecule has 1 aliphatic rings. The smallest absolute Gasteiger partial charge is 0.335 e. The molecule has 0 spiro atoms. The van der Waals surface area contributed by atoms with Gasteiger partial charge in [-0.1, -0.05) is 241 Å². The second-order valence-corrected chi connectivity index (χ2v) is 20.6. The van der Waals surface area contributed by atoms with Crippen LogP contribution in [-0.4, -0.2) is 89.2 Å². The molecule has 0 aromatic carbocycles. The Morgan fingerprint density at radius 1 is 0.442 bits per heavy atom. The average Bonchev–Trinajstić information content (AvgIpc) is 3.42. The zero-order valence-corrected chi connectivity index (χ0v) is 48.4. The van der Waals surface area contributed by atoms with Crippen LogP contribution in [0.5, 0.6) is 0 Å². The van der Waals surface area contributed by atoms with Gasteiger partial charge in [0.15, 0.2) is 24.6 Å². The van der Waals surface area contributed by atoms with Crippen LogP contribution in [0.2, 0.25) is 0 Å². The molecule has 1 fully saturated rings. The van der Waals surface area contributed by atoms with E-state index >= 15 is 0 Å². The number of carboxylic acids is 1. The molecule has 0 radical (unpaired) electrons. The summed E-state index contributed by atoms with van der Waals surface area (Å²) in [6, 6.07) is 0. The second-order valence-electron chi connectivity index (χ2n) is 20.6. The molecule has 0 aliphatic carbocycles. The predicted octanol–water partition coefficient (Wildman–Crippen LogP) is 15.9. The van der Waals surface area contributed by atoms with Gasteiger partial charge in [0.1, 0.15) is 18.8 Å². The molecule has 6 unspecified atom stereocenters. The molecule has 0 aromatic rings. The summed E-state index contributed by atoms with van der Waals surface area (Å²) in [5.41, 5.74) is 0. The third-order valence-corrected chi connectivity index (χ3v) is 13.5. The summed E-state index contributed by atoms with van der Waals surface area (Å²) >= 11 is 0. The van der Waals surface area contributed by atoms with Crippen molar-refractivity contribution in [2.24, 2.45) is 0 Å². The highest BCUT2D eigenvalue weighted by atomic mass is 16.7. The molecule has 440 valence electrons. The van der Waals surface area contributed by atoms with Crippen molar-refractivity contribution < 1.29 is 58.2 Å². The maximum atomic E-state index is 13.1. The predicted molar refractivity (Wildman–Crippen MR) is 312 cm³/mol. The summed E-state index contributed by atoms with van der Waals surface area (Å²) in [7, 11) is 0. The fraction of sp³-hybridized carbons (Fsp3) is 0.723. The van der Waals surface area contributed by atoms with E-state index in [0.717, 1.165) is 89.9 Å². The molecule has 0 amide bonds. The van der Waals surface area contributed by atoms with E-state index < -0.39 is 67.3 Å². The lowest BCUT2D eigenvalue weighted by Crippen LogP contribution is -2.61. The van der Waals surface area contributed by atoms with Crippen LogP contribution >= 0.6 is 0 Å². The fourth-order valence-electron chi connectivity index (χ4n) is 8.87. The van der Waals surface area contributed by atoms with Crippen LogP contribution in [0.25, 0.3) is 0 Å². The van der Waals surface area contributed by atoms with Crippen LogP contribution in [0, 0.1) is 0 Å². The van der Waals surface area contributed by atoms with E-state index in [0.29, 0.717) is 25.7 Å². The Morgan fingerprint density at radius 3 is 1.30 bits per heavy atom. The fourth-order valence-corrected chi connectivity index (χ4v) is 8.87. The van der Waals surface area contributed by atoms with Gasteiger partial charge >= 0.3 is 23.9 Å². The lowest BCUT2D eigenvalue weighted by atomic mass is 9.98. The minimum atomic E-state index is -1.92. The number of unbranched alkanes of at least 4 members (excludes halogenated alkanes) is 23. The van der Waals surface area contributed by atoms with Crippen molar-refractivity contribution in [1.29, 1.82) is 0 Å². The Morgan fingerprint density at radius 2 is 0.844 bits per heavy atom. The average molecular weight is 1080 g/mol. The summed E-state index contributed by atoms with van der Waals surface area (Å²) in [6.45, 7) is 5.71. The van der Waals surface area contributed by atoms with E-state index in [1.54, 1.807) is 0 Å². The summed E-state index contributed by atoms with van der Waals surface area (Å²) in [5, 5.41) is 31.5. The molecule has 1 heterocycles. The highest BCUT2D eigenvalue weighted by Gasteiger charge is 2.50. The standard InChI is InChI=1S/C65H108O12/c1-4-7-10-13-16-19-22-25-27-28-29-30-32-34-36-39-42-45-48-51-57(66)73-54-56(75-58(67)52-49-46-43-40-37-33-24-21-18-15-12-9-6-3)55-74-65-63(61(70)60(69)62(77-65)64(71)72)76-59(68)53-50-47-44-41-38-35-31-26-23-20-17-14-11-8-5-2/h8-9,11-12,17-18,20-21,26,31,33,37,43,46,56,60-63,65,69-70H,4-7,10,13-16,19,22-25,27-30,32,34-36,38-42,44-45,47-55H2,1-3H3,(H,71,72)/b11-8-,12-9-,20-17-,21-18-,31-26-,37-33-,46-43-. The van der Waals surface area contributed by atoms with Crippen molar-refractivity contribution in [3.8, 4) is 0 Å². The van der Waals surface area contributed by atoms with E-state index in [2.05, 4.69) is 93.7 Å². The molecular formula is C65H108O12. The number of carbonyl (C=O) groups is 4. The zero-order chi connectivity index (χ0) is 56.1. The number of allylic oxidation sites excluding steroid dienone is 14. The van der Waals surface area contributed by atoms with Gasteiger partial charge in [0.05, 0.1) is 6.61 Å². The normalized spacial score (nSPS) is 18.6. The molecule has 12 nitrogen and oxygen atoms in total. The molecule has 77 heavy (non-hydrogen) atoms. The maximum Gasteiger partial charge on any atom is 0.335 e. The van der Waals surface area contributed by atoms with Crippen LogP contribution in [0.4, 0.5) is 0 Å². The summed E-state index contributed by atoms with van der Waals surface area (Å²) in [4.78, 5) is 51.1. The van der Waals surface area contributed by atoms with Crippen LogP contribution in [-0.2, 0) is 42.9 Å². The SMILES string of the molecule is CC/C=C\C/C=C\C/C=C\C/C=C\CCC(=O)OC(COC(=O)CCCCCCCCCCCCCCCCCCCCC)COC1OC(C(=O)O)C(O)C(O)C1OC(=O)CCCCCCC/C=C\C/C=C\C/C=C\CC. The Bertz CT molecular complexity index is 1660. The van der Waals surface area contributed by atoms with Gasteiger partial charge in [0.25, 0.3) is 0 Å². The van der Waals surface area contributed by atoms with E-state index in [1.165, 1.54) is 96.3 Å². The van der Waals surface area contributed by atoms with Crippen molar-refractivity contribution in [2.75, 3.05) is 13.2 Å². The van der Waals surface area contributed by atoms with Crippen molar-refractivity contribution in [3.63, 3.8) is 0 Å². The van der Waals surface area contributed by atoms with E-state index in [4.69, 9.17) is 23.7 Å². The summed E-state index contributed by atoms with van der Waals surface area (Å²) in [6.07, 6.45) is 55.8. The quantitative estimate of drug-likeness (QED) is 0.0228. The molecule has 6 atom stereocenters. The first-order chi connectivity index (χ1) is 37.6. The van der Waals surface area contributed by atoms with Crippen LogP contribution in [0.3, 0.4) is 0 Å². The molecule has 0 aromatic heterocycles. The van der Waals surface area contributed by atoms with Crippen molar-refractivity contribution >= 4 is 23.9 Å². The van der Waals surface area contributed by atoms with Gasteiger partial charge in [-0.25, -0.2) is 4.79 Å². The Kier molecular flexibility index (Phi) is 48.4. The molecule has 12 heteroatoms. The molecule has 1 aliphatic heterocycles. The number of hydrogen-bond acceptors (Lipinski definition) is 11. The van der Waals surface area contributed by atoms with Gasteiger partial charge in [-0.05, 0) is 77.0 Å². The van der Waals surface area contributed by atoms with Gasteiger partial charge in [0, 0.05) is 19.3 Å². The van der Waals surface area contributed by atoms with Crippen molar-refractivity contribution in [3.05, 3.63) is 85.1 Å². The largest absolute Gasteiger partial charge is 0.479 e. The van der Waals surface area contributed by atoms with Crippen LogP contribution in [0.1, 0.15) is 252 Å². The van der Waals surface area contributed by atoms with Gasteiger partial charge < -0.3 is 39.0 Å². The Hall–Kier alpha value is -4.10. The summed E-state index contributed by atoms with van der Waals surface area (Å²) in [5.74, 6) is -3.25. The molecular weight excluding hydrogens is 973 g/mol. The lowest BCUT2D eigenvalue weighted by molar-refractivity contribution is -0.301. The monoisotopic (exact) mass is 1080 g/mol. The first-order valence-corrected chi connectivity index (χ1v) is 30.6. The van der Waals surface area contributed by atoms with Crippen molar-refractivity contribution in [1.82, 2.24) is 0 Å². The van der Waals surface area contributed by atoms with Crippen molar-refractivity contribution in [2.45, 2.75) is 289 Å². The number of aliphatic carboxylic acids is 1. The van der Waals surface area contributed by atoms with E-state index in [1.807, 2.05) is 12.2 Å². The molecule has 3 N–H and O–H groups in total. The number of ether oxygens (including phenoxy) is 5. The number of carboxylic acid groups (broad SMARTS) is 1. The zero-order valence-electron chi connectivity index (χ0n) is 48.4. The number of hydrogen-bond donors (Lipinski definition) is 3. The number of aliphatic hydroxyl groups excluding tert-OH is 2. The number of esters is 3. The van der Waals surface area contributed by atoms with E-state index in [-0.39, 0.29) is 25.9 Å². The minimum Gasteiger partial charge on any atom is -0.479 e. The lowest BCUT2D eigenvalue weighted by Gasteiger charge is -2.40. The van der Waals surface area contributed by atoms with Gasteiger partial charge in [-0.3, -0.25) is 14.4 Å². The van der Waals surface area contributed by atoms with Gasteiger partial charge in [-0.2, -0.15) is 0 Å². The number of rotatable bonds is 51. The molecule has 0 bridgehead atoms. The Balaban J connectivity index is 2.69. The highest BCUT2D eigenvalue weighted by Crippen LogP contribution is 2.26. The minimum absolute atomic E-state index is 0.0308. The summed E-state index contributed by atoms with van der Waals surface area (Å²) < 4.78 is 28.3. The first kappa shape index (κ1) is 70.9. The first-order valence-electron chi connectivity index (χ1n) is 30.6. The van der Waals surface area contributed by atoms with Gasteiger partial charge in [-0.15, -0.1) is 0 Å². The molecule has 1 saturated heterocycles. The van der Waals surface area contributed by atoms with Crippen LogP contribution in [0.15, 0.2) is 85.1 Å². The maximum absolute atomic E-state index is 13.1. The molecule has 1 rings (SSSR count). The second kappa shape index (κ2) is 52.6. The topological polar surface area (TPSA) is 175 Å². The van der Waals surface area contributed by atoms with E-state index in [9.17, 15) is 34.5 Å².